The second-order valence-corrected chi connectivity index (χ2v) is 4.10. The van der Waals surface area contributed by atoms with Crippen LogP contribution in [0.25, 0.3) is 0 Å². The molecule has 1 fully saturated rings. The number of pyridine rings is 1. The summed E-state index contributed by atoms with van der Waals surface area (Å²) in [6, 6.07) is 2.24. The van der Waals surface area contributed by atoms with E-state index < -0.39 is 11.7 Å². The highest BCUT2D eigenvalue weighted by atomic mass is 35.5. The van der Waals surface area contributed by atoms with E-state index in [1.54, 1.807) is 0 Å². The molecule has 2 N–H and O–H groups in total. The Morgan fingerprint density at radius 2 is 1.84 bits per heavy atom. The first-order chi connectivity index (χ1) is 8.05. The zero-order valence-corrected chi connectivity index (χ0v) is 11.7. The SMILES string of the molecule is Cl.Cl.FC(F)(F)c1ccnc(NC2CCNCC2)c1. The van der Waals surface area contributed by atoms with Crippen LogP contribution < -0.4 is 10.6 Å². The lowest BCUT2D eigenvalue weighted by atomic mass is 10.1. The molecule has 1 saturated heterocycles. The summed E-state index contributed by atoms with van der Waals surface area (Å²) in [5, 5.41) is 6.24. The fourth-order valence-corrected chi connectivity index (χ4v) is 1.86. The molecule has 19 heavy (non-hydrogen) atoms. The second kappa shape index (κ2) is 7.77. The quantitative estimate of drug-likeness (QED) is 0.880. The third kappa shape index (κ3) is 5.42. The Morgan fingerprint density at radius 3 is 2.42 bits per heavy atom. The molecule has 0 unspecified atom stereocenters. The molecule has 0 aliphatic carbocycles. The highest BCUT2D eigenvalue weighted by molar-refractivity contribution is 5.85. The van der Waals surface area contributed by atoms with Crippen molar-refractivity contribution in [1.29, 1.82) is 0 Å². The van der Waals surface area contributed by atoms with Gasteiger partial charge in [0.25, 0.3) is 0 Å². The van der Waals surface area contributed by atoms with E-state index in [0.29, 0.717) is 5.82 Å². The lowest BCUT2D eigenvalue weighted by Gasteiger charge is -2.24. The molecule has 8 heteroatoms. The van der Waals surface area contributed by atoms with Gasteiger partial charge in [-0.25, -0.2) is 4.98 Å². The Kier molecular flexibility index (Phi) is 7.47. The molecule has 0 amide bonds. The van der Waals surface area contributed by atoms with Crippen molar-refractivity contribution in [3.8, 4) is 0 Å². The maximum Gasteiger partial charge on any atom is 0.416 e. The predicted molar refractivity (Wildman–Crippen MR) is 73.2 cm³/mol. The third-order valence-electron chi connectivity index (χ3n) is 2.78. The lowest BCUT2D eigenvalue weighted by molar-refractivity contribution is -0.137. The summed E-state index contributed by atoms with van der Waals surface area (Å²) in [7, 11) is 0. The molecular weight excluding hydrogens is 302 g/mol. The van der Waals surface area contributed by atoms with Crippen molar-refractivity contribution < 1.29 is 13.2 Å². The highest BCUT2D eigenvalue weighted by Gasteiger charge is 2.30. The highest BCUT2D eigenvalue weighted by Crippen LogP contribution is 2.30. The van der Waals surface area contributed by atoms with Gasteiger partial charge in [-0.15, -0.1) is 24.8 Å². The topological polar surface area (TPSA) is 37.0 Å². The first kappa shape index (κ1) is 18.3. The molecule has 0 radical (unpaired) electrons. The number of rotatable bonds is 2. The fourth-order valence-electron chi connectivity index (χ4n) is 1.86. The van der Waals surface area contributed by atoms with E-state index in [4.69, 9.17) is 0 Å². The molecule has 1 aromatic rings. The van der Waals surface area contributed by atoms with Crippen LogP contribution in [0.1, 0.15) is 18.4 Å². The summed E-state index contributed by atoms with van der Waals surface area (Å²) < 4.78 is 37.4. The van der Waals surface area contributed by atoms with Crippen molar-refractivity contribution in [2.45, 2.75) is 25.1 Å². The zero-order chi connectivity index (χ0) is 12.3. The minimum absolute atomic E-state index is 0. The van der Waals surface area contributed by atoms with Crippen LogP contribution >= 0.6 is 24.8 Å². The molecule has 1 aliphatic heterocycles. The van der Waals surface area contributed by atoms with E-state index in [2.05, 4.69) is 15.6 Å². The summed E-state index contributed by atoms with van der Waals surface area (Å²) in [6.07, 6.45) is -1.32. The van der Waals surface area contributed by atoms with Gasteiger partial charge in [0.1, 0.15) is 5.82 Å². The summed E-state index contributed by atoms with van der Waals surface area (Å²) in [5.74, 6) is 0.298. The van der Waals surface area contributed by atoms with Crippen molar-refractivity contribution >= 4 is 30.6 Å². The van der Waals surface area contributed by atoms with Crippen LogP contribution in [0.5, 0.6) is 0 Å². The second-order valence-electron chi connectivity index (χ2n) is 4.10. The van der Waals surface area contributed by atoms with Crippen LogP contribution in [-0.2, 0) is 6.18 Å². The summed E-state index contributed by atoms with van der Waals surface area (Å²) in [4.78, 5) is 3.92. The molecule has 0 bridgehead atoms. The molecule has 110 valence electrons. The molecule has 3 nitrogen and oxygen atoms in total. The van der Waals surface area contributed by atoms with Gasteiger partial charge in [0, 0.05) is 12.2 Å². The van der Waals surface area contributed by atoms with E-state index in [-0.39, 0.29) is 30.9 Å². The molecule has 1 aromatic heterocycles. The van der Waals surface area contributed by atoms with Crippen molar-refractivity contribution in [2.75, 3.05) is 18.4 Å². The van der Waals surface area contributed by atoms with Gasteiger partial charge in [0.15, 0.2) is 0 Å². The van der Waals surface area contributed by atoms with E-state index >= 15 is 0 Å². The molecule has 0 aromatic carbocycles. The van der Waals surface area contributed by atoms with Gasteiger partial charge in [0.2, 0.25) is 0 Å². The smallest absolute Gasteiger partial charge is 0.367 e. The van der Waals surface area contributed by atoms with Crippen LogP contribution in [0.15, 0.2) is 18.3 Å². The van der Waals surface area contributed by atoms with Crippen LogP contribution in [0.3, 0.4) is 0 Å². The van der Waals surface area contributed by atoms with Crippen LogP contribution in [-0.4, -0.2) is 24.1 Å². The summed E-state index contributed by atoms with van der Waals surface area (Å²) >= 11 is 0. The number of aromatic nitrogens is 1. The van der Waals surface area contributed by atoms with Gasteiger partial charge in [-0.3, -0.25) is 0 Å². The van der Waals surface area contributed by atoms with E-state index in [1.165, 1.54) is 6.20 Å². The largest absolute Gasteiger partial charge is 0.416 e. The number of nitrogens with one attached hydrogen (secondary N) is 2. The van der Waals surface area contributed by atoms with Crippen molar-refractivity contribution in [1.82, 2.24) is 10.3 Å². The molecule has 0 atom stereocenters. The maximum absolute atomic E-state index is 12.5. The number of hydrogen-bond donors (Lipinski definition) is 2. The van der Waals surface area contributed by atoms with Gasteiger partial charge in [0.05, 0.1) is 5.56 Å². The minimum atomic E-state index is -4.31. The van der Waals surface area contributed by atoms with Crippen molar-refractivity contribution in [2.24, 2.45) is 0 Å². The van der Waals surface area contributed by atoms with Gasteiger partial charge in [-0.1, -0.05) is 0 Å². The molecule has 2 rings (SSSR count). The molecule has 0 spiro atoms. The monoisotopic (exact) mass is 317 g/mol. The van der Waals surface area contributed by atoms with E-state index in [1.807, 2.05) is 0 Å². The van der Waals surface area contributed by atoms with Crippen molar-refractivity contribution in [3.63, 3.8) is 0 Å². The van der Waals surface area contributed by atoms with Gasteiger partial charge in [-0.2, -0.15) is 13.2 Å². The predicted octanol–water partition coefficient (Wildman–Crippen LogP) is 3.11. The number of piperidine rings is 1. The Balaban J connectivity index is 0.00000162. The number of anilines is 1. The van der Waals surface area contributed by atoms with Crippen LogP contribution in [0.4, 0.5) is 19.0 Å². The molecule has 1 aliphatic rings. The minimum Gasteiger partial charge on any atom is -0.367 e. The van der Waals surface area contributed by atoms with Gasteiger partial charge >= 0.3 is 6.18 Å². The van der Waals surface area contributed by atoms with E-state index in [0.717, 1.165) is 38.1 Å². The maximum atomic E-state index is 12.5. The van der Waals surface area contributed by atoms with Gasteiger partial charge in [-0.05, 0) is 38.1 Å². The summed E-state index contributed by atoms with van der Waals surface area (Å²) in [6.45, 7) is 1.77. The van der Waals surface area contributed by atoms with Crippen LogP contribution in [0.2, 0.25) is 0 Å². The lowest BCUT2D eigenvalue weighted by Crippen LogP contribution is -2.35. The Morgan fingerprint density at radius 1 is 1.21 bits per heavy atom. The number of alkyl halides is 3. The number of hydrogen-bond acceptors (Lipinski definition) is 3. The third-order valence-corrected chi connectivity index (χ3v) is 2.78. The summed E-state index contributed by atoms with van der Waals surface area (Å²) in [5.41, 5.74) is -0.663. The van der Waals surface area contributed by atoms with Gasteiger partial charge < -0.3 is 10.6 Å². The zero-order valence-electron chi connectivity index (χ0n) is 10.0. The normalized spacial score (nSPS) is 16.2. The van der Waals surface area contributed by atoms with E-state index in [9.17, 15) is 13.2 Å². The number of nitrogens with zero attached hydrogens (tertiary/aromatic N) is 1. The first-order valence-corrected chi connectivity index (χ1v) is 5.56. The Hall–Kier alpha value is -0.720. The first-order valence-electron chi connectivity index (χ1n) is 5.56. The Bertz CT molecular complexity index is 382. The molecule has 0 saturated carbocycles. The molecule has 2 heterocycles. The molecular formula is C11H16Cl2F3N3. The standard InChI is InChI=1S/C11H14F3N3.2ClH/c12-11(13,14)8-1-6-16-10(7-8)17-9-2-4-15-5-3-9;;/h1,6-7,9,15H,2-5H2,(H,16,17);2*1H. The average Bonchev–Trinajstić information content (AvgIpc) is 2.29. The van der Waals surface area contributed by atoms with Crippen LogP contribution in [0, 0.1) is 0 Å². The van der Waals surface area contributed by atoms with Crippen molar-refractivity contribution in [3.05, 3.63) is 23.9 Å². The fraction of sp³-hybridized carbons (Fsp3) is 0.545. The Labute approximate surface area is 122 Å². The average molecular weight is 318 g/mol. The number of halogens is 5.